The van der Waals surface area contributed by atoms with Gasteiger partial charge in [-0.1, -0.05) is 29.8 Å². The lowest BCUT2D eigenvalue weighted by molar-refractivity contribution is -0.117. The Morgan fingerprint density at radius 3 is 2.69 bits per heavy atom. The fourth-order valence-corrected chi connectivity index (χ4v) is 2.64. The highest BCUT2D eigenvalue weighted by atomic mass is 35.5. The second-order valence-electron chi connectivity index (χ2n) is 5.86. The molecule has 5 nitrogen and oxygen atoms in total. The van der Waals surface area contributed by atoms with Gasteiger partial charge >= 0.3 is 0 Å². The summed E-state index contributed by atoms with van der Waals surface area (Å²) in [4.78, 5) is 14.2. The number of hydrogen-bond donors (Lipinski definition) is 1. The summed E-state index contributed by atoms with van der Waals surface area (Å²) < 4.78 is 11.1. The van der Waals surface area contributed by atoms with Crippen molar-refractivity contribution in [1.29, 1.82) is 0 Å². The molecule has 0 aliphatic heterocycles. The van der Waals surface area contributed by atoms with E-state index in [1.807, 2.05) is 54.4 Å². The van der Waals surface area contributed by atoms with Gasteiger partial charge in [-0.3, -0.25) is 9.69 Å². The number of hydrogen-bond acceptors (Lipinski definition) is 4. The third-order valence-electron chi connectivity index (χ3n) is 3.61. The molecule has 0 spiro atoms. The highest BCUT2D eigenvalue weighted by molar-refractivity contribution is 6.31. The second kappa shape index (κ2) is 8.56. The third kappa shape index (κ3) is 5.12. The maximum absolute atomic E-state index is 12.4. The molecule has 1 amide bonds. The van der Waals surface area contributed by atoms with Crippen LogP contribution in [0.25, 0.3) is 0 Å². The first-order valence-electron chi connectivity index (χ1n) is 8.13. The Labute approximate surface area is 157 Å². The second-order valence-corrected chi connectivity index (χ2v) is 6.29. The van der Waals surface area contributed by atoms with Crippen LogP contribution in [0, 0.1) is 0 Å². The molecule has 26 heavy (non-hydrogen) atoms. The van der Waals surface area contributed by atoms with Gasteiger partial charge in [-0.2, -0.15) is 0 Å². The average molecular weight is 371 g/mol. The summed E-state index contributed by atoms with van der Waals surface area (Å²) in [5.74, 6) is 1.85. The van der Waals surface area contributed by atoms with Crippen LogP contribution >= 0.6 is 11.6 Å². The van der Waals surface area contributed by atoms with E-state index in [4.69, 9.17) is 20.8 Å². The quantitative estimate of drug-likeness (QED) is 0.649. The summed E-state index contributed by atoms with van der Waals surface area (Å²) in [5.41, 5.74) is 0.526. The number of amides is 1. The first-order valence-corrected chi connectivity index (χ1v) is 8.51. The maximum atomic E-state index is 12.4. The number of rotatable bonds is 7. The van der Waals surface area contributed by atoms with Gasteiger partial charge in [0, 0.05) is 5.02 Å². The number of halogens is 1. The van der Waals surface area contributed by atoms with Crippen molar-refractivity contribution < 1.29 is 13.9 Å². The first-order chi connectivity index (χ1) is 12.6. The molecule has 6 heteroatoms. The van der Waals surface area contributed by atoms with Crippen molar-refractivity contribution >= 4 is 23.2 Å². The molecule has 0 aliphatic carbocycles. The van der Waals surface area contributed by atoms with Gasteiger partial charge in [0.05, 0.1) is 25.0 Å². The molecule has 0 unspecified atom stereocenters. The highest BCUT2D eigenvalue weighted by Crippen LogP contribution is 2.32. The number of ether oxygens (including phenoxy) is 1. The van der Waals surface area contributed by atoms with E-state index in [2.05, 4.69) is 5.32 Å². The van der Waals surface area contributed by atoms with Crippen molar-refractivity contribution in [2.75, 3.05) is 18.9 Å². The van der Waals surface area contributed by atoms with Crippen LogP contribution in [0.5, 0.6) is 11.5 Å². The number of benzene rings is 2. The van der Waals surface area contributed by atoms with Crippen LogP contribution in [0.4, 0.5) is 5.69 Å². The highest BCUT2D eigenvalue weighted by Gasteiger charge is 2.13. The predicted octanol–water partition coefficient (Wildman–Crippen LogP) is 4.80. The number of likely N-dealkylation sites (N-methyl/N-ethyl adjacent to an activating group) is 1. The van der Waals surface area contributed by atoms with Crippen molar-refractivity contribution in [3.05, 3.63) is 77.7 Å². The zero-order chi connectivity index (χ0) is 18.4. The third-order valence-corrected chi connectivity index (χ3v) is 3.84. The molecule has 1 N–H and O–H groups in total. The molecule has 1 heterocycles. The van der Waals surface area contributed by atoms with Crippen LogP contribution in [0.2, 0.25) is 5.02 Å². The molecule has 3 aromatic rings. The lowest BCUT2D eigenvalue weighted by atomic mass is 10.2. The van der Waals surface area contributed by atoms with E-state index in [-0.39, 0.29) is 12.5 Å². The largest absolute Gasteiger partial charge is 0.468 e. The molecular weight excluding hydrogens is 352 g/mol. The van der Waals surface area contributed by atoms with Gasteiger partial charge in [-0.25, -0.2) is 0 Å². The Balaban J connectivity index is 1.66. The monoisotopic (exact) mass is 370 g/mol. The van der Waals surface area contributed by atoms with Gasteiger partial charge in [0.2, 0.25) is 5.91 Å². The van der Waals surface area contributed by atoms with Crippen molar-refractivity contribution in [2.45, 2.75) is 6.54 Å². The Morgan fingerprint density at radius 2 is 1.96 bits per heavy atom. The van der Waals surface area contributed by atoms with Crippen LogP contribution in [-0.2, 0) is 11.3 Å². The minimum Gasteiger partial charge on any atom is -0.468 e. The maximum Gasteiger partial charge on any atom is 0.238 e. The van der Waals surface area contributed by atoms with Crippen molar-refractivity contribution in [3.8, 4) is 11.5 Å². The summed E-state index contributed by atoms with van der Waals surface area (Å²) in [6.45, 7) is 0.751. The van der Waals surface area contributed by atoms with Gasteiger partial charge in [-0.05, 0) is 49.5 Å². The predicted molar refractivity (Wildman–Crippen MR) is 102 cm³/mol. The van der Waals surface area contributed by atoms with Gasteiger partial charge in [-0.15, -0.1) is 0 Å². The van der Waals surface area contributed by atoms with E-state index in [0.29, 0.717) is 28.8 Å². The SMILES string of the molecule is CN(CC(=O)Nc1cc(Cl)ccc1Oc1ccccc1)Cc1ccco1. The van der Waals surface area contributed by atoms with Gasteiger partial charge in [0.15, 0.2) is 5.75 Å². The number of nitrogens with zero attached hydrogens (tertiary/aromatic N) is 1. The molecule has 0 saturated heterocycles. The molecule has 0 radical (unpaired) electrons. The lowest BCUT2D eigenvalue weighted by Gasteiger charge is -2.16. The van der Waals surface area contributed by atoms with Crippen LogP contribution in [0.3, 0.4) is 0 Å². The van der Waals surface area contributed by atoms with E-state index in [0.717, 1.165) is 5.76 Å². The molecule has 1 aromatic heterocycles. The van der Waals surface area contributed by atoms with Crippen LogP contribution in [0.1, 0.15) is 5.76 Å². The molecule has 2 aromatic carbocycles. The van der Waals surface area contributed by atoms with Gasteiger partial charge in [0.1, 0.15) is 11.5 Å². The molecular formula is C20H19ClN2O3. The summed E-state index contributed by atoms with van der Waals surface area (Å²) in [6, 6.07) is 18.2. The molecule has 0 aliphatic rings. The van der Waals surface area contributed by atoms with Crippen LogP contribution in [0.15, 0.2) is 71.3 Å². The standard InChI is InChI=1S/C20H19ClN2O3/c1-23(13-17-8-5-11-25-17)14-20(24)22-18-12-15(21)9-10-19(18)26-16-6-3-2-4-7-16/h2-12H,13-14H2,1H3,(H,22,24). The molecule has 134 valence electrons. The zero-order valence-corrected chi connectivity index (χ0v) is 15.1. The fraction of sp³-hybridized carbons (Fsp3) is 0.150. The van der Waals surface area contributed by atoms with Crippen molar-refractivity contribution in [3.63, 3.8) is 0 Å². The smallest absolute Gasteiger partial charge is 0.238 e. The van der Waals surface area contributed by atoms with Crippen molar-refractivity contribution in [1.82, 2.24) is 4.90 Å². The first kappa shape index (κ1) is 18.0. The number of para-hydroxylation sites is 1. The van der Waals surface area contributed by atoms with E-state index in [9.17, 15) is 4.79 Å². The van der Waals surface area contributed by atoms with Crippen LogP contribution in [-0.4, -0.2) is 24.4 Å². The lowest BCUT2D eigenvalue weighted by Crippen LogP contribution is -2.29. The molecule has 0 saturated carbocycles. The molecule has 0 fully saturated rings. The number of nitrogens with one attached hydrogen (secondary N) is 1. The topological polar surface area (TPSA) is 54.7 Å². The van der Waals surface area contributed by atoms with Gasteiger partial charge in [0.25, 0.3) is 0 Å². The number of carbonyl (C=O) groups is 1. The number of carbonyl (C=O) groups excluding carboxylic acids is 1. The number of furan rings is 1. The van der Waals surface area contributed by atoms with E-state index < -0.39 is 0 Å². The summed E-state index contributed by atoms with van der Waals surface area (Å²) in [7, 11) is 1.85. The normalized spacial score (nSPS) is 10.7. The van der Waals surface area contributed by atoms with E-state index >= 15 is 0 Å². The minimum atomic E-state index is -0.167. The van der Waals surface area contributed by atoms with Crippen molar-refractivity contribution in [2.24, 2.45) is 0 Å². The zero-order valence-electron chi connectivity index (χ0n) is 14.3. The average Bonchev–Trinajstić information content (AvgIpc) is 3.11. The van der Waals surface area contributed by atoms with E-state index in [1.54, 1.807) is 24.5 Å². The number of anilines is 1. The molecule has 0 bridgehead atoms. The van der Waals surface area contributed by atoms with E-state index in [1.165, 1.54) is 0 Å². The minimum absolute atomic E-state index is 0.167. The summed E-state index contributed by atoms with van der Waals surface area (Å²) >= 11 is 6.07. The Bertz CT molecular complexity index is 851. The Hall–Kier alpha value is -2.76. The fourth-order valence-electron chi connectivity index (χ4n) is 2.46. The van der Waals surface area contributed by atoms with Gasteiger partial charge < -0.3 is 14.5 Å². The van der Waals surface area contributed by atoms with Crippen LogP contribution < -0.4 is 10.1 Å². The summed E-state index contributed by atoms with van der Waals surface area (Å²) in [6.07, 6.45) is 1.61. The molecule has 0 atom stereocenters. The summed E-state index contributed by atoms with van der Waals surface area (Å²) in [5, 5.41) is 3.38. The Kier molecular flexibility index (Phi) is 5.94. The Morgan fingerprint density at radius 1 is 1.15 bits per heavy atom. The molecule has 3 rings (SSSR count).